The number of terminal acetylenes is 1. The molecule has 8 rings (SSSR count). The first-order chi connectivity index (χ1) is 27.7. The van der Waals surface area contributed by atoms with Crippen LogP contribution in [0.4, 0.5) is 10.5 Å². The molecule has 0 saturated carbocycles. The Morgan fingerprint density at radius 3 is 2.37 bits per heavy atom. The first-order valence-corrected chi connectivity index (χ1v) is 19.6. The standard InChI is InChI=1S/C47H47N5O5/c1-5-33-12-11-17-40(24-33)57-47(55)51-19-18-35-26-42(44-28-41(32(2)48(44)3)45(53)49(4)38-15-7-6-8-16-38)43(27-37(35)29-51)46(54)52-30-36-14-10-9-13-34(36)25-39(52)31-50-20-22-56-23-21-50/h1,6-17,24,26-28,39H,18-23,25,29-31H2,2-4H3/t39-/m0/s1. The number of amides is 3. The fraction of sp³-hybridized carbons (Fsp3) is 0.298. The van der Waals surface area contributed by atoms with E-state index in [1.54, 1.807) is 41.1 Å². The number of rotatable bonds is 7. The maximum atomic E-state index is 15.4. The number of para-hydroxylation sites is 1. The average molecular weight is 762 g/mol. The SMILES string of the molecule is C#Cc1cccc(OC(=O)N2CCc3cc(-c4cc(C(=O)N(C)c5ccccc5)c(C)n4C)c(C(=O)N4Cc5ccccc5C[C@H]4CN4CCOCC4)cc3C2)c1. The molecule has 1 atom stereocenters. The van der Waals surface area contributed by atoms with E-state index < -0.39 is 6.09 Å². The van der Waals surface area contributed by atoms with Gasteiger partial charge in [-0.25, -0.2) is 4.79 Å². The summed E-state index contributed by atoms with van der Waals surface area (Å²) < 4.78 is 13.4. The molecule has 5 aromatic rings. The molecule has 0 radical (unpaired) electrons. The molecular weight excluding hydrogens is 715 g/mol. The number of ether oxygens (including phenoxy) is 2. The number of nitrogens with zero attached hydrogens (tertiary/aromatic N) is 5. The Hall–Kier alpha value is -6.15. The van der Waals surface area contributed by atoms with Gasteiger partial charge in [-0.1, -0.05) is 54.5 Å². The summed E-state index contributed by atoms with van der Waals surface area (Å²) in [4.78, 5) is 50.7. The molecule has 57 heavy (non-hydrogen) atoms. The van der Waals surface area contributed by atoms with Crippen molar-refractivity contribution in [2.45, 2.75) is 38.9 Å². The highest BCUT2D eigenvalue weighted by Gasteiger charge is 2.35. The van der Waals surface area contributed by atoms with Crippen molar-refractivity contribution in [1.29, 1.82) is 0 Å². The minimum Gasteiger partial charge on any atom is -0.410 e. The first-order valence-electron chi connectivity index (χ1n) is 19.6. The summed E-state index contributed by atoms with van der Waals surface area (Å²) in [5.41, 5.74) is 9.18. The van der Waals surface area contributed by atoms with Gasteiger partial charge in [0, 0.05) is 93.2 Å². The molecule has 0 N–H and O–H groups in total. The average Bonchev–Trinajstić information content (AvgIpc) is 3.55. The largest absolute Gasteiger partial charge is 0.415 e. The maximum Gasteiger partial charge on any atom is 0.415 e. The van der Waals surface area contributed by atoms with Crippen LogP contribution in [0.15, 0.2) is 97.1 Å². The van der Waals surface area contributed by atoms with Gasteiger partial charge in [0.15, 0.2) is 0 Å². The Morgan fingerprint density at radius 1 is 0.842 bits per heavy atom. The van der Waals surface area contributed by atoms with Crippen molar-refractivity contribution in [2.75, 3.05) is 51.3 Å². The van der Waals surface area contributed by atoms with Crippen LogP contribution in [-0.2, 0) is 37.7 Å². The molecule has 10 nitrogen and oxygen atoms in total. The summed E-state index contributed by atoms with van der Waals surface area (Å²) in [6.07, 6.45) is 6.42. The van der Waals surface area contributed by atoms with E-state index in [0.29, 0.717) is 55.2 Å². The minimum atomic E-state index is -0.478. The summed E-state index contributed by atoms with van der Waals surface area (Å²) in [7, 11) is 3.73. The third kappa shape index (κ3) is 7.69. The first kappa shape index (κ1) is 37.8. The van der Waals surface area contributed by atoms with Crippen molar-refractivity contribution in [3.8, 4) is 29.4 Å². The molecule has 1 aromatic heterocycles. The lowest BCUT2D eigenvalue weighted by Crippen LogP contribution is -2.52. The van der Waals surface area contributed by atoms with Crippen LogP contribution in [0.3, 0.4) is 0 Å². The molecular formula is C47H47N5O5. The van der Waals surface area contributed by atoms with Crippen molar-refractivity contribution in [1.82, 2.24) is 19.3 Å². The summed E-state index contributed by atoms with van der Waals surface area (Å²) in [6, 6.07) is 30.8. The number of benzene rings is 4. The van der Waals surface area contributed by atoms with Crippen molar-refractivity contribution in [2.24, 2.45) is 7.05 Å². The molecule has 3 amide bonds. The molecule has 3 aliphatic rings. The fourth-order valence-electron chi connectivity index (χ4n) is 8.32. The number of anilines is 1. The van der Waals surface area contributed by atoms with Crippen LogP contribution in [0.2, 0.25) is 0 Å². The summed E-state index contributed by atoms with van der Waals surface area (Å²) in [5, 5.41) is 0. The second kappa shape index (κ2) is 16.1. The molecule has 0 aliphatic carbocycles. The maximum absolute atomic E-state index is 15.4. The van der Waals surface area contributed by atoms with E-state index in [9.17, 15) is 9.59 Å². The van der Waals surface area contributed by atoms with Gasteiger partial charge in [-0.15, -0.1) is 6.42 Å². The van der Waals surface area contributed by atoms with Gasteiger partial charge in [-0.2, -0.15) is 0 Å². The molecule has 3 aliphatic heterocycles. The van der Waals surface area contributed by atoms with E-state index in [0.717, 1.165) is 65.4 Å². The zero-order valence-electron chi connectivity index (χ0n) is 32.7. The minimum absolute atomic E-state index is 0.0635. The van der Waals surface area contributed by atoms with Crippen LogP contribution in [0.5, 0.6) is 5.75 Å². The highest BCUT2D eigenvalue weighted by Crippen LogP contribution is 2.36. The Morgan fingerprint density at radius 2 is 1.60 bits per heavy atom. The monoisotopic (exact) mass is 761 g/mol. The molecule has 10 heteroatoms. The van der Waals surface area contributed by atoms with Crippen LogP contribution < -0.4 is 9.64 Å². The molecule has 4 heterocycles. The fourth-order valence-corrected chi connectivity index (χ4v) is 8.32. The van der Waals surface area contributed by atoms with Crippen LogP contribution in [0.1, 0.15) is 54.2 Å². The Labute approximate surface area is 334 Å². The number of hydrogen-bond acceptors (Lipinski definition) is 6. The van der Waals surface area contributed by atoms with Gasteiger partial charge in [0.05, 0.1) is 18.8 Å². The van der Waals surface area contributed by atoms with E-state index in [4.69, 9.17) is 15.9 Å². The van der Waals surface area contributed by atoms with E-state index in [-0.39, 0.29) is 24.4 Å². The van der Waals surface area contributed by atoms with E-state index in [1.807, 2.05) is 72.0 Å². The van der Waals surface area contributed by atoms with Crippen LogP contribution in [0.25, 0.3) is 11.3 Å². The summed E-state index contributed by atoms with van der Waals surface area (Å²) in [5.74, 6) is 2.75. The van der Waals surface area contributed by atoms with Gasteiger partial charge in [-0.05, 0) is 90.6 Å². The molecule has 4 aromatic carbocycles. The second-order valence-electron chi connectivity index (χ2n) is 15.1. The van der Waals surface area contributed by atoms with Crippen molar-refractivity contribution in [3.05, 3.63) is 142 Å². The Bertz CT molecular complexity index is 2370. The van der Waals surface area contributed by atoms with Crippen LogP contribution >= 0.6 is 0 Å². The lowest BCUT2D eigenvalue weighted by molar-refractivity contribution is 0.0193. The lowest BCUT2D eigenvalue weighted by atomic mass is 9.89. The smallest absolute Gasteiger partial charge is 0.410 e. The van der Waals surface area contributed by atoms with Crippen molar-refractivity contribution < 1.29 is 23.9 Å². The van der Waals surface area contributed by atoms with Gasteiger partial charge in [0.2, 0.25) is 0 Å². The van der Waals surface area contributed by atoms with Crippen LogP contribution in [0, 0.1) is 19.3 Å². The zero-order valence-corrected chi connectivity index (χ0v) is 32.7. The van der Waals surface area contributed by atoms with Gasteiger partial charge in [0.25, 0.3) is 11.8 Å². The van der Waals surface area contributed by atoms with Crippen LogP contribution in [-0.4, -0.2) is 89.7 Å². The van der Waals surface area contributed by atoms with Gasteiger partial charge in [-0.3, -0.25) is 14.5 Å². The van der Waals surface area contributed by atoms with Crippen molar-refractivity contribution in [3.63, 3.8) is 0 Å². The molecule has 1 saturated heterocycles. The normalized spacial score (nSPS) is 16.6. The highest BCUT2D eigenvalue weighted by atomic mass is 16.6. The Balaban J connectivity index is 1.18. The van der Waals surface area contributed by atoms with E-state index >= 15 is 4.79 Å². The number of carbonyl (C=O) groups is 3. The number of carbonyl (C=O) groups excluding carboxylic acids is 3. The predicted molar refractivity (Wildman–Crippen MR) is 220 cm³/mol. The van der Waals surface area contributed by atoms with Gasteiger partial charge >= 0.3 is 6.09 Å². The number of morpholine rings is 1. The molecule has 0 bridgehead atoms. The highest BCUT2D eigenvalue weighted by molar-refractivity contribution is 6.08. The third-order valence-electron chi connectivity index (χ3n) is 11.7. The number of fused-ring (bicyclic) bond motifs is 2. The van der Waals surface area contributed by atoms with E-state index in [1.165, 1.54) is 5.56 Å². The van der Waals surface area contributed by atoms with Gasteiger partial charge < -0.3 is 28.7 Å². The van der Waals surface area contributed by atoms with E-state index in [2.05, 4.69) is 35.1 Å². The third-order valence-corrected chi connectivity index (χ3v) is 11.7. The van der Waals surface area contributed by atoms with Gasteiger partial charge in [0.1, 0.15) is 5.75 Å². The summed E-state index contributed by atoms with van der Waals surface area (Å²) in [6.45, 7) is 6.86. The van der Waals surface area contributed by atoms with Crippen molar-refractivity contribution >= 4 is 23.6 Å². The second-order valence-corrected chi connectivity index (χ2v) is 15.1. The molecule has 0 unspecified atom stereocenters. The molecule has 1 fully saturated rings. The quantitative estimate of drug-likeness (QED) is 0.172. The lowest BCUT2D eigenvalue weighted by Gasteiger charge is -2.41. The zero-order chi connectivity index (χ0) is 39.6. The number of hydrogen-bond donors (Lipinski definition) is 0. The predicted octanol–water partition coefficient (Wildman–Crippen LogP) is 6.71. The molecule has 290 valence electrons. The Kier molecular flexibility index (Phi) is 10.7. The number of aromatic nitrogens is 1. The summed E-state index contributed by atoms with van der Waals surface area (Å²) >= 11 is 0. The topological polar surface area (TPSA) is 87.6 Å². The molecule has 0 spiro atoms.